The zero-order valence-corrected chi connectivity index (χ0v) is 31.2. The van der Waals surface area contributed by atoms with Crippen molar-refractivity contribution in [3.8, 4) is 0 Å². The second-order valence-corrected chi connectivity index (χ2v) is 14.2. The van der Waals surface area contributed by atoms with Crippen molar-refractivity contribution in [1.29, 1.82) is 0 Å². The summed E-state index contributed by atoms with van der Waals surface area (Å²) in [5.74, 6) is -0.148. The van der Waals surface area contributed by atoms with Crippen molar-refractivity contribution in [2.75, 3.05) is 13.2 Å². The number of aliphatic hydroxyl groups is 4. The summed E-state index contributed by atoms with van der Waals surface area (Å²) < 4.78 is 15.9. The largest absolute Gasteiger partial charge is 0.463 e. The second kappa shape index (κ2) is 29.9. The molecule has 1 fully saturated rings. The van der Waals surface area contributed by atoms with E-state index in [4.69, 9.17) is 14.2 Å². The third-order valence-corrected chi connectivity index (χ3v) is 9.52. The maximum absolute atomic E-state index is 12.1. The van der Waals surface area contributed by atoms with Crippen molar-refractivity contribution < 1.29 is 44.2 Å². The van der Waals surface area contributed by atoms with Crippen molar-refractivity contribution in [3.05, 3.63) is 24.3 Å². The van der Waals surface area contributed by atoms with Crippen LogP contribution in [-0.2, 0) is 23.8 Å². The summed E-state index contributed by atoms with van der Waals surface area (Å²) in [6.07, 6.45) is 24.3. The molecule has 286 valence electrons. The van der Waals surface area contributed by atoms with Gasteiger partial charge in [-0.2, -0.15) is 0 Å². The molecule has 1 rings (SSSR count). The van der Waals surface area contributed by atoms with E-state index >= 15 is 0 Å². The summed E-state index contributed by atoms with van der Waals surface area (Å²) in [4.78, 5) is 24.1. The summed E-state index contributed by atoms with van der Waals surface area (Å²) in [7, 11) is 0. The molecular formula is C40H72O9. The van der Waals surface area contributed by atoms with Crippen molar-refractivity contribution >= 4 is 11.9 Å². The number of carbonyl (C=O) groups is 2. The molecule has 1 saturated heterocycles. The molecule has 0 aliphatic carbocycles. The summed E-state index contributed by atoms with van der Waals surface area (Å²) in [5, 5.41) is 40.7. The Labute approximate surface area is 297 Å². The number of esters is 2. The van der Waals surface area contributed by atoms with Crippen molar-refractivity contribution in [3.63, 3.8) is 0 Å². The van der Waals surface area contributed by atoms with Crippen molar-refractivity contribution in [2.45, 2.75) is 193 Å². The topological polar surface area (TPSA) is 143 Å². The SMILES string of the molecule is CCCCC[C@H](O)/C=C/[C@H]1OC(O)C[C@H](O)[C@@H]1C/C=C\CCCC(=O)OC[C@H](O)COC(=O)CCCCCCCCCCCCC(C)CC. The van der Waals surface area contributed by atoms with Crippen LogP contribution in [0.4, 0.5) is 0 Å². The molecule has 0 aromatic carbocycles. The lowest BCUT2D eigenvalue weighted by molar-refractivity contribution is -0.199. The Morgan fingerprint density at radius 2 is 1.35 bits per heavy atom. The van der Waals surface area contributed by atoms with Crippen LogP contribution in [0, 0.1) is 11.8 Å². The number of rotatable bonds is 30. The number of hydrogen-bond donors (Lipinski definition) is 4. The van der Waals surface area contributed by atoms with E-state index in [-0.39, 0.29) is 37.9 Å². The zero-order chi connectivity index (χ0) is 36.1. The number of ether oxygens (including phenoxy) is 3. The van der Waals surface area contributed by atoms with E-state index in [1.54, 1.807) is 12.2 Å². The molecule has 0 spiro atoms. The van der Waals surface area contributed by atoms with Gasteiger partial charge < -0.3 is 34.6 Å². The summed E-state index contributed by atoms with van der Waals surface area (Å²) >= 11 is 0. The van der Waals surface area contributed by atoms with E-state index < -0.39 is 36.7 Å². The smallest absolute Gasteiger partial charge is 0.305 e. The minimum absolute atomic E-state index is 0.137. The van der Waals surface area contributed by atoms with Gasteiger partial charge in [-0.3, -0.25) is 9.59 Å². The van der Waals surface area contributed by atoms with Gasteiger partial charge in [0, 0.05) is 25.2 Å². The molecule has 7 atom stereocenters. The van der Waals surface area contributed by atoms with Gasteiger partial charge in [-0.25, -0.2) is 0 Å². The summed E-state index contributed by atoms with van der Waals surface area (Å²) in [6.45, 7) is 6.31. The van der Waals surface area contributed by atoms with Crippen LogP contribution in [0.3, 0.4) is 0 Å². The minimum Gasteiger partial charge on any atom is -0.463 e. The Kier molecular flexibility index (Phi) is 27.6. The van der Waals surface area contributed by atoms with Gasteiger partial charge in [0.2, 0.25) is 0 Å². The van der Waals surface area contributed by atoms with Gasteiger partial charge in [-0.15, -0.1) is 0 Å². The monoisotopic (exact) mass is 697 g/mol. The van der Waals surface area contributed by atoms with Crippen LogP contribution in [0.25, 0.3) is 0 Å². The van der Waals surface area contributed by atoms with E-state index in [0.717, 1.165) is 44.4 Å². The zero-order valence-electron chi connectivity index (χ0n) is 31.2. The van der Waals surface area contributed by atoms with Gasteiger partial charge in [0.15, 0.2) is 6.29 Å². The van der Waals surface area contributed by atoms with Gasteiger partial charge in [0.05, 0.1) is 18.3 Å². The van der Waals surface area contributed by atoms with Crippen LogP contribution in [0.1, 0.15) is 162 Å². The van der Waals surface area contributed by atoms with Crippen LogP contribution in [0.5, 0.6) is 0 Å². The first kappa shape index (κ1) is 45.2. The molecule has 1 aliphatic rings. The van der Waals surface area contributed by atoms with Gasteiger partial charge >= 0.3 is 11.9 Å². The van der Waals surface area contributed by atoms with Crippen LogP contribution in [-0.4, -0.2) is 76.3 Å². The number of aliphatic hydroxyl groups excluding tert-OH is 4. The number of unbranched alkanes of at least 4 members (excludes halogenated alkanes) is 12. The van der Waals surface area contributed by atoms with Gasteiger partial charge in [0.1, 0.15) is 19.3 Å². The lowest BCUT2D eigenvalue weighted by Gasteiger charge is -2.36. The highest BCUT2D eigenvalue weighted by molar-refractivity contribution is 5.69. The molecule has 1 heterocycles. The third kappa shape index (κ3) is 24.9. The molecule has 1 aliphatic heterocycles. The molecule has 0 aromatic rings. The number of allylic oxidation sites excluding steroid dienone is 2. The standard InChI is InChI=1S/C40H72O9/c1-4-6-17-23-33(41)27-28-37-35(36(43)29-40(46)49-37)24-19-15-16-21-26-39(45)48-31-34(42)30-47-38(44)25-20-14-12-10-8-7-9-11-13-18-22-32(3)5-2/h15,19,27-28,32-37,40-43,46H,4-14,16-18,20-26,29-31H2,1-3H3/b19-15-,28-27+/t32?,33-,34+,35-,36-,37+,40?/m0/s1. The predicted molar refractivity (Wildman–Crippen MR) is 195 cm³/mol. The average molecular weight is 697 g/mol. The van der Waals surface area contributed by atoms with Gasteiger partial charge in [0.25, 0.3) is 0 Å². The number of carbonyl (C=O) groups excluding carboxylic acids is 2. The first-order valence-corrected chi connectivity index (χ1v) is 19.7. The highest BCUT2D eigenvalue weighted by Gasteiger charge is 2.35. The van der Waals surface area contributed by atoms with E-state index in [9.17, 15) is 30.0 Å². The van der Waals surface area contributed by atoms with E-state index in [1.165, 1.54) is 57.8 Å². The van der Waals surface area contributed by atoms with Crippen LogP contribution in [0.15, 0.2) is 24.3 Å². The normalized spacial score (nSPS) is 21.6. The fourth-order valence-corrected chi connectivity index (χ4v) is 6.04. The quantitative estimate of drug-likeness (QED) is 0.0335. The highest BCUT2D eigenvalue weighted by Crippen LogP contribution is 2.29. The fraction of sp³-hybridized carbons (Fsp3) is 0.850. The summed E-state index contributed by atoms with van der Waals surface area (Å²) in [6, 6.07) is 0. The maximum atomic E-state index is 12.1. The van der Waals surface area contributed by atoms with Crippen LogP contribution in [0.2, 0.25) is 0 Å². The van der Waals surface area contributed by atoms with Crippen LogP contribution < -0.4 is 0 Å². The summed E-state index contributed by atoms with van der Waals surface area (Å²) in [5.41, 5.74) is 0. The Morgan fingerprint density at radius 3 is 1.96 bits per heavy atom. The maximum Gasteiger partial charge on any atom is 0.305 e. The Balaban J connectivity index is 2.09. The minimum atomic E-state index is -1.05. The first-order chi connectivity index (χ1) is 23.7. The molecule has 0 radical (unpaired) electrons. The molecule has 49 heavy (non-hydrogen) atoms. The van der Waals surface area contributed by atoms with E-state index in [1.807, 2.05) is 12.2 Å². The number of hydrogen-bond acceptors (Lipinski definition) is 9. The lowest BCUT2D eigenvalue weighted by Crippen LogP contribution is -2.43. The molecule has 2 unspecified atom stereocenters. The highest BCUT2D eigenvalue weighted by atomic mass is 16.6. The average Bonchev–Trinajstić information content (AvgIpc) is 3.08. The molecule has 4 N–H and O–H groups in total. The van der Waals surface area contributed by atoms with Gasteiger partial charge in [-0.1, -0.05) is 135 Å². The molecule has 0 amide bonds. The molecule has 9 nitrogen and oxygen atoms in total. The van der Waals surface area contributed by atoms with Gasteiger partial charge in [-0.05, 0) is 38.0 Å². The second-order valence-electron chi connectivity index (χ2n) is 14.2. The van der Waals surface area contributed by atoms with Crippen molar-refractivity contribution in [2.24, 2.45) is 11.8 Å². The third-order valence-electron chi connectivity index (χ3n) is 9.52. The lowest BCUT2D eigenvalue weighted by atomic mass is 9.87. The predicted octanol–water partition coefficient (Wildman–Crippen LogP) is 7.86. The van der Waals surface area contributed by atoms with Crippen LogP contribution >= 0.6 is 0 Å². The Bertz CT molecular complexity index is 876. The molecule has 0 aromatic heterocycles. The van der Waals surface area contributed by atoms with E-state index in [0.29, 0.717) is 32.1 Å². The molecule has 9 heteroatoms. The Hall–Kier alpha value is -1.78. The molecular weight excluding hydrogens is 624 g/mol. The fourth-order valence-electron chi connectivity index (χ4n) is 6.04. The molecule has 0 saturated carbocycles. The van der Waals surface area contributed by atoms with Crippen molar-refractivity contribution in [1.82, 2.24) is 0 Å². The van der Waals surface area contributed by atoms with E-state index in [2.05, 4.69) is 20.8 Å². The molecule has 0 bridgehead atoms. The first-order valence-electron chi connectivity index (χ1n) is 19.7. The Morgan fingerprint density at radius 1 is 0.776 bits per heavy atom.